The Hall–Kier alpha value is -8.95. The SMILES string of the molecule is c1ccc(-c2c(-c3ccccc3)c(-c3ccccc3)c(-c3cccc(-c4c5ccccc5c(-c5cccc(-c6nc7ccccc7s6)c5)c5ccccc45)c3)c(-c3ccccc3)c2-c2ccccc2)cc1. The third kappa shape index (κ3) is 7.54. The maximum atomic E-state index is 5.06. The second kappa shape index (κ2) is 18.2. The lowest BCUT2D eigenvalue weighted by Crippen LogP contribution is -2.02. The summed E-state index contributed by atoms with van der Waals surface area (Å²) in [5, 5.41) is 5.89. The molecule has 1 nitrogen and oxygen atoms in total. The van der Waals surface area contributed by atoms with Crippen LogP contribution >= 0.6 is 11.3 Å². The molecule has 2 heteroatoms. The van der Waals surface area contributed by atoms with E-state index < -0.39 is 0 Å². The Labute approximate surface area is 418 Å². The van der Waals surface area contributed by atoms with Crippen LogP contribution in [0.4, 0.5) is 0 Å². The lowest BCUT2D eigenvalue weighted by molar-refractivity contribution is 1.48. The molecule has 0 spiro atoms. The van der Waals surface area contributed by atoms with Crippen LogP contribution in [0.1, 0.15) is 0 Å². The maximum absolute atomic E-state index is 5.06. The topological polar surface area (TPSA) is 12.9 Å². The summed E-state index contributed by atoms with van der Waals surface area (Å²) in [6.07, 6.45) is 0. The van der Waals surface area contributed by atoms with E-state index in [2.05, 4.69) is 273 Å². The molecule has 0 fully saturated rings. The van der Waals surface area contributed by atoms with Gasteiger partial charge in [-0.25, -0.2) is 4.98 Å². The summed E-state index contributed by atoms with van der Waals surface area (Å²) >= 11 is 1.75. The van der Waals surface area contributed by atoms with Crippen molar-refractivity contribution >= 4 is 43.1 Å². The second-order valence-corrected chi connectivity index (χ2v) is 19.1. The Morgan fingerprint density at radius 3 is 0.845 bits per heavy atom. The molecule has 0 atom stereocenters. The van der Waals surface area contributed by atoms with E-state index in [0.29, 0.717) is 0 Å². The van der Waals surface area contributed by atoms with Crippen molar-refractivity contribution in [2.24, 2.45) is 0 Å². The molecule has 12 aromatic carbocycles. The van der Waals surface area contributed by atoms with Crippen molar-refractivity contribution in [3.8, 4) is 99.6 Å². The summed E-state index contributed by atoms with van der Waals surface area (Å²) in [5.41, 5.74) is 21.1. The number of fused-ring (bicyclic) bond motifs is 3. The molecule has 0 saturated carbocycles. The van der Waals surface area contributed by atoms with Crippen LogP contribution in [0.2, 0.25) is 0 Å². The number of rotatable bonds is 9. The normalized spacial score (nSPS) is 11.4. The number of thiazole rings is 1. The minimum atomic E-state index is 1.03. The van der Waals surface area contributed by atoms with Gasteiger partial charge in [0.05, 0.1) is 10.2 Å². The highest BCUT2D eigenvalue weighted by Gasteiger charge is 2.29. The molecule has 0 saturated heterocycles. The number of para-hydroxylation sites is 1. The van der Waals surface area contributed by atoms with Gasteiger partial charge in [-0.15, -0.1) is 11.3 Å². The first-order valence-electron chi connectivity index (χ1n) is 24.3. The molecule has 1 aromatic heterocycles. The van der Waals surface area contributed by atoms with Crippen LogP contribution in [0, 0.1) is 0 Å². The molecule has 0 aliphatic carbocycles. The van der Waals surface area contributed by atoms with E-state index >= 15 is 0 Å². The van der Waals surface area contributed by atoms with Crippen molar-refractivity contribution in [2.75, 3.05) is 0 Å². The van der Waals surface area contributed by atoms with Gasteiger partial charge in [-0.1, -0.05) is 249 Å². The van der Waals surface area contributed by atoms with Gasteiger partial charge in [0, 0.05) is 5.56 Å². The Bertz CT molecular complexity index is 3870. The lowest BCUT2D eigenvalue weighted by Gasteiger charge is -2.29. The summed E-state index contributed by atoms with van der Waals surface area (Å²) < 4.78 is 1.20. The third-order valence-corrected chi connectivity index (χ3v) is 15.0. The first kappa shape index (κ1) is 42.2. The summed E-state index contributed by atoms with van der Waals surface area (Å²) in [6, 6.07) is 99.8. The molecule has 0 amide bonds. The Morgan fingerprint density at radius 1 is 0.211 bits per heavy atom. The van der Waals surface area contributed by atoms with E-state index in [1.807, 2.05) is 0 Å². The largest absolute Gasteiger partial charge is 0.236 e. The van der Waals surface area contributed by atoms with Crippen molar-refractivity contribution in [3.63, 3.8) is 0 Å². The van der Waals surface area contributed by atoms with Crippen molar-refractivity contribution in [2.45, 2.75) is 0 Å². The molecule has 0 aliphatic heterocycles. The fourth-order valence-corrected chi connectivity index (χ4v) is 11.9. The highest BCUT2D eigenvalue weighted by molar-refractivity contribution is 7.21. The number of hydrogen-bond acceptors (Lipinski definition) is 2. The fraction of sp³-hybridized carbons (Fsp3) is 0. The predicted octanol–water partition coefficient (Wildman–Crippen LogP) is 19.6. The summed E-state index contributed by atoms with van der Waals surface area (Å²) in [6.45, 7) is 0. The third-order valence-electron chi connectivity index (χ3n) is 13.9. The molecule has 71 heavy (non-hydrogen) atoms. The maximum Gasteiger partial charge on any atom is 0.124 e. The average molecular weight is 920 g/mol. The molecule has 0 N–H and O–H groups in total. The number of nitrogens with zero attached hydrogens (tertiary/aromatic N) is 1. The van der Waals surface area contributed by atoms with Crippen molar-refractivity contribution < 1.29 is 0 Å². The van der Waals surface area contributed by atoms with Crippen LogP contribution in [0.3, 0.4) is 0 Å². The predicted molar refractivity (Wildman–Crippen MR) is 304 cm³/mol. The summed E-state index contributed by atoms with van der Waals surface area (Å²) in [5.74, 6) is 0. The number of hydrogen-bond donors (Lipinski definition) is 0. The molecular weight excluding hydrogens is 875 g/mol. The molecule has 0 radical (unpaired) electrons. The number of benzene rings is 12. The summed E-state index contributed by atoms with van der Waals surface area (Å²) in [7, 11) is 0. The number of aromatic nitrogens is 1. The first-order chi connectivity index (χ1) is 35.3. The van der Waals surface area contributed by atoms with E-state index in [1.165, 1.54) is 93.0 Å². The van der Waals surface area contributed by atoms with E-state index in [4.69, 9.17) is 4.98 Å². The lowest BCUT2D eigenvalue weighted by atomic mass is 9.74. The smallest absolute Gasteiger partial charge is 0.124 e. The van der Waals surface area contributed by atoms with Crippen LogP contribution in [0.5, 0.6) is 0 Å². The van der Waals surface area contributed by atoms with Gasteiger partial charge in [-0.2, -0.15) is 0 Å². The molecule has 0 bridgehead atoms. The standard InChI is InChI=1S/C69H45NS/c1-6-24-46(25-7-1)63-64(47-26-8-2-9-27-47)66(49-30-12-4-13-31-49)68(67(50-32-14-5-15-33-50)65(63)48-28-10-3-11-29-48)53-36-22-34-51(44-53)61-55-38-16-18-40-57(55)62(58-41-19-17-39-56(58)61)52-35-23-37-54(45-52)69-70-59-42-20-21-43-60(59)71-69/h1-45H. The molecule has 1 heterocycles. The molecule has 0 aliphatic rings. The Balaban J connectivity index is 1.13. The minimum absolute atomic E-state index is 1.03. The van der Waals surface area contributed by atoms with E-state index in [9.17, 15) is 0 Å². The zero-order valence-electron chi connectivity index (χ0n) is 38.8. The van der Waals surface area contributed by atoms with Gasteiger partial charge >= 0.3 is 0 Å². The van der Waals surface area contributed by atoms with Gasteiger partial charge in [0.2, 0.25) is 0 Å². The summed E-state index contributed by atoms with van der Waals surface area (Å²) in [4.78, 5) is 5.06. The fourth-order valence-electron chi connectivity index (χ4n) is 10.9. The van der Waals surface area contributed by atoms with Gasteiger partial charge in [0.1, 0.15) is 5.01 Å². The van der Waals surface area contributed by atoms with E-state index in [-0.39, 0.29) is 0 Å². The van der Waals surface area contributed by atoms with Crippen molar-refractivity contribution in [1.82, 2.24) is 4.98 Å². The van der Waals surface area contributed by atoms with Crippen LogP contribution in [-0.4, -0.2) is 4.98 Å². The Kier molecular flexibility index (Phi) is 10.8. The molecule has 13 aromatic rings. The first-order valence-corrected chi connectivity index (χ1v) is 25.1. The highest BCUT2D eigenvalue weighted by Crippen LogP contribution is 2.56. The highest BCUT2D eigenvalue weighted by atomic mass is 32.1. The molecular formula is C69H45NS. The van der Waals surface area contributed by atoms with Crippen LogP contribution in [0.15, 0.2) is 273 Å². The van der Waals surface area contributed by atoms with Gasteiger partial charge in [-0.3, -0.25) is 0 Å². The minimum Gasteiger partial charge on any atom is -0.236 e. The van der Waals surface area contributed by atoms with Crippen molar-refractivity contribution in [1.29, 1.82) is 0 Å². The van der Waals surface area contributed by atoms with E-state index in [1.54, 1.807) is 11.3 Å². The van der Waals surface area contributed by atoms with Gasteiger partial charge in [0.15, 0.2) is 0 Å². The van der Waals surface area contributed by atoms with Crippen LogP contribution in [0.25, 0.3) is 131 Å². The van der Waals surface area contributed by atoms with E-state index in [0.717, 1.165) is 38.3 Å². The molecule has 332 valence electrons. The van der Waals surface area contributed by atoms with Crippen LogP contribution in [-0.2, 0) is 0 Å². The van der Waals surface area contributed by atoms with Crippen LogP contribution < -0.4 is 0 Å². The monoisotopic (exact) mass is 919 g/mol. The average Bonchev–Trinajstić information content (AvgIpc) is 3.90. The zero-order valence-corrected chi connectivity index (χ0v) is 39.7. The zero-order chi connectivity index (χ0) is 47.1. The van der Waals surface area contributed by atoms with Crippen molar-refractivity contribution in [3.05, 3.63) is 273 Å². The quantitative estimate of drug-likeness (QED) is 0.132. The van der Waals surface area contributed by atoms with Gasteiger partial charge < -0.3 is 0 Å². The Morgan fingerprint density at radius 2 is 0.479 bits per heavy atom. The molecule has 0 unspecified atom stereocenters. The van der Waals surface area contributed by atoms with Gasteiger partial charge in [-0.05, 0) is 135 Å². The second-order valence-electron chi connectivity index (χ2n) is 18.1. The molecule has 13 rings (SSSR count). The van der Waals surface area contributed by atoms with Gasteiger partial charge in [0.25, 0.3) is 0 Å².